The molecule has 0 fully saturated rings. The summed E-state index contributed by atoms with van der Waals surface area (Å²) in [6, 6.07) is 19.6. The molecule has 0 saturated heterocycles. The lowest BCUT2D eigenvalue weighted by Crippen LogP contribution is -2.02. The number of benzene rings is 3. The van der Waals surface area contributed by atoms with Crippen LogP contribution in [0.4, 0.5) is 0 Å². The van der Waals surface area contributed by atoms with E-state index in [0.717, 1.165) is 39.5 Å². The van der Waals surface area contributed by atoms with Crippen molar-refractivity contribution >= 4 is 21.8 Å². The third-order valence-electron chi connectivity index (χ3n) is 7.09. The number of aromatic nitrogens is 9. The van der Waals surface area contributed by atoms with Gasteiger partial charge in [0.05, 0.1) is 53.4 Å². The van der Waals surface area contributed by atoms with Crippen molar-refractivity contribution in [2.75, 3.05) is 0 Å². The van der Waals surface area contributed by atoms with Gasteiger partial charge in [-0.3, -0.25) is 0 Å². The summed E-state index contributed by atoms with van der Waals surface area (Å²) in [4.78, 5) is 17.1. The first-order valence-corrected chi connectivity index (χ1v) is 12.5. The standard InChI is InChI=1S/C30H21N9/c1-3-27-28-4-2-23(36-10-6-32-19-36)17-30(28)39(29(27)16-22(1)35-9-5-31-18-35)26-14-24(37-11-7-33-20-37)13-25(15-26)38-12-8-34-21-38/h1-21H. The largest absolute Gasteiger partial charge is 0.309 e. The minimum absolute atomic E-state index is 1.00. The monoisotopic (exact) mass is 507 g/mol. The SMILES string of the molecule is c1cn(-c2cc(-n3ccnc3)cc(-n3c4cc(-n5ccnc5)ccc4c4ccc(-n5ccnc5)cc43)c2)cn1. The lowest BCUT2D eigenvalue weighted by Gasteiger charge is -2.15. The molecule has 39 heavy (non-hydrogen) atoms. The summed E-state index contributed by atoms with van der Waals surface area (Å²) in [7, 11) is 0. The van der Waals surface area contributed by atoms with Gasteiger partial charge < -0.3 is 22.8 Å². The van der Waals surface area contributed by atoms with E-state index in [2.05, 4.69) is 79.1 Å². The third kappa shape index (κ3) is 3.48. The minimum atomic E-state index is 1.00. The van der Waals surface area contributed by atoms with Crippen LogP contribution in [0, 0.1) is 0 Å². The molecule has 0 unspecified atom stereocenters. The molecule has 0 N–H and O–H groups in total. The molecule has 8 aromatic rings. The summed E-state index contributed by atoms with van der Waals surface area (Å²) in [5.41, 5.74) is 7.30. The second-order valence-electron chi connectivity index (χ2n) is 9.33. The first-order chi connectivity index (χ1) is 19.3. The predicted octanol–water partition coefficient (Wildman–Crippen LogP) is 5.53. The number of rotatable bonds is 5. The maximum atomic E-state index is 4.28. The topological polar surface area (TPSA) is 76.2 Å². The van der Waals surface area contributed by atoms with Crippen LogP contribution in [0.5, 0.6) is 0 Å². The van der Waals surface area contributed by atoms with Crippen LogP contribution in [0.1, 0.15) is 0 Å². The Hall–Kier alpha value is -5.70. The summed E-state index contributed by atoms with van der Waals surface area (Å²) in [5.74, 6) is 0. The van der Waals surface area contributed by atoms with Gasteiger partial charge in [0.25, 0.3) is 0 Å². The Kier molecular flexibility index (Phi) is 4.62. The van der Waals surface area contributed by atoms with Gasteiger partial charge in [0.15, 0.2) is 0 Å². The van der Waals surface area contributed by atoms with Gasteiger partial charge in [0.1, 0.15) is 0 Å². The average molecular weight is 508 g/mol. The summed E-state index contributed by atoms with van der Waals surface area (Å²) in [6.07, 6.45) is 22.3. The molecule has 0 spiro atoms. The van der Waals surface area contributed by atoms with Crippen LogP contribution in [0.15, 0.2) is 129 Å². The van der Waals surface area contributed by atoms with Gasteiger partial charge in [0, 0.05) is 71.7 Å². The fourth-order valence-corrected chi connectivity index (χ4v) is 5.25. The molecule has 0 aliphatic rings. The number of fused-ring (bicyclic) bond motifs is 3. The summed E-state index contributed by atoms with van der Waals surface area (Å²) in [6.45, 7) is 0. The van der Waals surface area contributed by atoms with Crippen molar-refractivity contribution in [2.45, 2.75) is 0 Å². The molecule has 9 nitrogen and oxygen atoms in total. The predicted molar refractivity (Wildman–Crippen MR) is 149 cm³/mol. The fraction of sp³-hybridized carbons (Fsp3) is 0. The van der Waals surface area contributed by atoms with E-state index < -0.39 is 0 Å². The Morgan fingerprint density at radius 3 is 1.15 bits per heavy atom. The van der Waals surface area contributed by atoms with Crippen molar-refractivity contribution in [1.82, 2.24) is 42.8 Å². The summed E-state index contributed by atoms with van der Waals surface area (Å²) in [5, 5.41) is 2.34. The van der Waals surface area contributed by atoms with Gasteiger partial charge >= 0.3 is 0 Å². The zero-order chi connectivity index (χ0) is 25.8. The van der Waals surface area contributed by atoms with Crippen molar-refractivity contribution in [3.8, 4) is 28.4 Å². The van der Waals surface area contributed by atoms with Gasteiger partial charge in [0.2, 0.25) is 0 Å². The van der Waals surface area contributed by atoms with E-state index in [1.165, 1.54) is 10.8 Å². The number of imidazole rings is 4. The Balaban J connectivity index is 1.46. The lowest BCUT2D eigenvalue weighted by atomic mass is 10.1. The van der Waals surface area contributed by atoms with Gasteiger partial charge in [-0.25, -0.2) is 19.9 Å². The van der Waals surface area contributed by atoms with Crippen molar-refractivity contribution in [3.63, 3.8) is 0 Å². The quantitative estimate of drug-likeness (QED) is 0.307. The van der Waals surface area contributed by atoms with E-state index in [4.69, 9.17) is 0 Å². The maximum absolute atomic E-state index is 4.28. The second kappa shape index (κ2) is 8.42. The van der Waals surface area contributed by atoms with Crippen LogP contribution in [-0.4, -0.2) is 42.8 Å². The van der Waals surface area contributed by atoms with Crippen molar-refractivity contribution in [2.24, 2.45) is 0 Å². The van der Waals surface area contributed by atoms with E-state index >= 15 is 0 Å². The minimum Gasteiger partial charge on any atom is -0.309 e. The molecular formula is C30H21N9. The Bertz CT molecular complexity index is 1900. The Morgan fingerprint density at radius 2 is 0.769 bits per heavy atom. The van der Waals surface area contributed by atoms with E-state index in [9.17, 15) is 0 Å². The summed E-state index contributed by atoms with van der Waals surface area (Å²) < 4.78 is 10.4. The number of nitrogens with zero attached hydrogens (tertiary/aromatic N) is 9. The average Bonchev–Trinajstić information content (AvgIpc) is 3.82. The Morgan fingerprint density at radius 1 is 0.385 bits per heavy atom. The van der Waals surface area contributed by atoms with Crippen LogP contribution in [-0.2, 0) is 0 Å². The second-order valence-corrected chi connectivity index (χ2v) is 9.33. The molecule has 0 aliphatic heterocycles. The van der Waals surface area contributed by atoms with E-state index in [0.29, 0.717) is 0 Å². The molecule has 0 aliphatic carbocycles. The molecule has 5 aromatic heterocycles. The first-order valence-electron chi connectivity index (χ1n) is 12.5. The van der Waals surface area contributed by atoms with Crippen LogP contribution in [0.2, 0.25) is 0 Å². The highest BCUT2D eigenvalue weighted by molar-refractivity contribution is 6.10. The van der Waals surface area contributed by atoms with Crippen LogP contribution < -0.4 is 0 Å². The van der Waals surface area contributed by atoms with Gasteiger partial charge in [-0.2, -0.15) is 0 Å². The highest BCUT2D eigenvalue weighted by atomic mass is 15.1. The fourth-order valence-electron chi connectivity index (χ4n) is 5.25. The maximum Gasteiger partial charge on any atom is 0.0991 e. The van der Waals surface area contributed by atoms with E-state index in [-0.39, 0.29) is 0 Å². The highest BCUT2D eigenvalue weighted by Crippen LogP contribution is 2.35. The van der Waals surface area contributed by atoms with E-state index in [1.807, 2.05) is 68.4 Å². The molecule has 0 radical (unpaired) electrons. The van der Waals surface area contributed by atoms with Gasteiger partial charge in [-0.1, -0.05) is 12.1 Å². The zero-order valence-electron chi connectivity index (χ0n) is 20.6. The first kappa shape index (κ1) is 21.4. The molecule has 0 atom stereocenters. The molecule has 9 heteroatoms. The Labute approximate surface area is 222 Å². The van der Waals surface area contributed by atoms with Gasteiger partial charge in [-0.15, -0.1) is 0 Å². The van der Waals surface area contributed by atoms with Crippen molar-refractivity contribution in [3.05, 3.63) is 129 Å². The molecule has 0 saturated carbocycles. The molecule has 0 amide bonds. The van der Waals surface area contributed by atoms with Crippen LogP contribution >= 0.6 is 0 Å². The number of hydrogen-bond donors (Lipinski definition) is 0. The normalized spacial score (nSPS) is 11.6. The van der Waals surface area contributed by atoms with Crippen LogP contribution in [0.25, 0.3) is 50.2 Å². The highest BCUT2D eigenvalue weighted by Gasteiger charge is 2.16. The van der Waals surface area contributed by atoms with E-state index in [1.54, 1.807) is 24.8 Å². The molecule has 5 heterocycles. The number of hydrogen-bond acceptors (Lipinski definition) is 4. The molecule has 3 aromatic carbocycles. The summed E-state index contributed by atoms with van der Waals surface area (Å²) >= 11 is 0. The molecule has 0 bridgehead atoms. The van der Waals surface area contributed by atoms with Crippen molar-refractivity contribution in [1.29, 1.82) is 0 Å². The molecular weight excluding hydrogens is 486 g/mol. The van der Waals surface area contributed by atoms with Crippen molar-refractivity contribution < 1.29 is 0 Å². The zero-order valence-corrected chi connectivity index (χ0v) is 20.6. The van der Waals surface area contributed by atoms with Gasteiger partial charge in [-0.05, 0) is 42.5 Å². The molecule has 8 rings (SSSR count). The molecule has 186 valence electrons. The smallest absolute Gasteiger partial charge is 0.0991 e. The lowest BCUT2D eigenvalue weighted by molar-refractivity contribution is 1.01. The third-order valence-corrected chi connectivity index (χ3v) is 7.09. The van der Waals surface area contributed by atoms with Crippen LogP contribution in [0.3, 0.4) is 0 Å².